The minimum atomic E-state index is 0.221. The lowest BCUT2D eigenvalue weighted by atomic mass is 10.0. The van der Waals surface area contributed by atoms with Gasteiger partial charge in [-0.1, -0.05) is 55.1 Å². The first-order valence-electron chi connectivity index (χ1n) is 8.76. The van der Waals surface area contributed by atoms with Gasteiger partial charge in [0.05, 0.1) is 6.20 Å². The van der Waals surface area contributed by atoms with Gasteiger partial charge in [0.1, 0.15) is 0 Å². The molecule has 0 saturated heterocycles. The summed E-state index contributed by atoms with van der Waals surface area (Å²) in [5, 5.41) is 13.4. The van der Waals surface area contributed by atoms with Crippen molar-refractivity contribution in [1.82, 2.24) is 14.6 Å². The van der Waals surface area contributed by atoms with Gasteiger partial charge in [-0.25, -0.2) is 9.50 Å². The number of aryl methyl sites for hydroxylation is 1. The molecule has 26 heavy (non-hydrogen) atoms. The van der Waals surface area contributed by atoms with Gasteiger partial charge in [0.25, 0.3) is 0 Å². The van der Waals surface area contributed by atoms with Crippen LogP contribution in [0.25, 0.3) is 22.3 Å². The van der Waals surface area contributed by atoms with Gasteiger partial charge >= 0.3 is 0 Å². The third kappa shape index (κ3) is 3.81. The van der Waals surface area contributed by atoms with Crippen molar-refractivity contribution in [2.24, 2.45) is 0 Å². The molecule has 1 aromatic carbocycles. The molecule has 1 N–H and O–H groups in total. The molecule has 0 bridgehead atoms. The van der Waals surface area contributed by atoms with Crippen LogP contribution in [0.15, 0.2) is 73.7 Å². The molecule has 0 saturated carbocycles. The van der Waals surface area contributed by atoms with Gasteiger partial charge in [0.2, 0.25) is 0 Å². The molecule has 0 atom stereocenters. The monoisotopic (exact) mass is 345 g/mol. The van der Waals surface area contributed by atoms with E-state index in [1.807, 2.05) is 49.8 Å². The Hall–Kier alpha value is -2.98. The molecule has 2 heterocycles. The molecule has 3 aromatic rings. The van der Waals surface area contributed by atoms with E-state index < -0.39 is 0 Å². The SMILES string of the molecule is C=C/C(=C\C=C/C)c1cnn2cc(-c3ccc(CCCO)cc3)cnc12. The standard InChI is InChI=1S/C22H23N3O/c1-3-5-8-18(4-2)21-15-24-25-16-20(14-23-22(21)25)19-11-9-17(10-12-19)7-6-13-26/h3-5,8-12,14-16,26H,2,6-7,13H2,1H3/b5-3-,18-8+. The number of allylic oxidation sites excluding steroid dienone is 5. The Morgan fingerprint density at radius 2 is 2.00 bits per heavy atom. The molecular weight excluding hydrogens is 322 g/mol. The molecule has 0 fully saturated rings. The number of benzene rings is 1. The second kappa shape index (κ2) is 8.41. The quantitative estimate of drug-likeness (QED) is 0.643. The van der Waals surface area contributed by atoms with Gasteiger partial charge in [-0.15, -0.1) is 0 Å². The second-order valence-electron chi connectivity index (χ2n) is 6.05. The Labute approximate surface area is 153 Å². The number of rotatable bonds is 7. The molecule has 0 amide bonds. The Bertz CT molecular complexity index is 949. The highest BCUT2D eigenvalue weighted by molar-refractivity contribution is 5.82. The van der Waals surface area contributed by atoms with E-state index in [-0.39, 0.29) is 6.61 Å². The molecule has 2 aromatic heterocycles. The maximum atomic E-state index is 8.94. The van der Waals surface area contributed by atoms with E-state index in [0.717, 1.165) is 40.8 Å². The second-order valence-corrected chi connectivity index (χ2v) is 6.05. The number of aromatic nitrogens is 3. The predicted molar refractivity (Wildman–Crippen MR) is 107 cm³/mol. The highest BCUT2D eigenvalue weighted by Crippen LogP contribution is 2.24. The minimum absolute atomic E-state index is 0.221. The van der Waals surface area contributed by atoms with Crippen LogP contribution >= 0.6 is 0 Å². The Morgan fingerprint density at radius 3 is 2.69 bits per heavy atom. The van der Waals surface area contributed by atoms with Crippen LogP contribution in [-0.4, -0.2) is 26.3 Å². The van der Waals surface area contributed by atoms with E-state index in [0.29, 0.717) is 0 Å². The van der Waals surface area contributed by atoms with E-state index in [4.69, 9.17) is 5.11 Å². The molecule has 0 aliphatic carbocycles. The summed E-state index contributed by atoms with van der Waals surface area (Å²) in [6, 6.07) is 8.36. The number of hydrogen-bond donors (Lipinski definition) is 1. The van der Waals surface area contributed by atoms with E-state index in [1.54, 1.807) is 4.52 Å². The van der Waals surface area contributed by atoms with Crippen LogP contribution < -0.4 is 0 Å². The van der Waals surface area contributed by atoms with Crippen LogP contribution in [-0.2, 0) is 6.42 Å². The van der Waals surface area contributed by atoms with Gasteiger partial charge < -0.3 is 5.11 Å². The van der Waals surface area contributed by atoms with E-state index >= 15 is 0 Å². The van der Waals surface area contributed by atoms with Crippen molar-refractivity contribution < 1.29 is 5.11 Å². The number of aliphatic hydroxyl groups excluding tert-OH is 1. The third-order valence-corrected chi connectivity index (χ3v) is 4.27. The maximum absolute atomic E-state index is 8.94. The summed E-state index contributed by atoms with van der Waals surface area (Å²) in [6.45, 7) is 6.09. The van der Waals surface area contributed by atoms with Crippen molar-refractivity contribution in [3.05, 3.63) is 84.9 Å². The average Bonchev–Trinajstić information content (AvgIpc) is 3.10. The number of hydrogen-bond acceptors (Lipinski definition) is 3. The van der Waals surface area contributed by atoms with Crippen molar-refractivity contribution in [2.75, 3.05) is 6.61 Å². The average molecular weight is 345 g/mol. The van der Waals surface area contributed by atoms with Crippen LogP contribution in [0.2, 0.25) is 0 Å². The van der Waals surface area contributed by atoms with E-state index in [9.17, 15) is 0 Å². The zero-order valence-electron chi connectivity index (χ0n) is 15.0. The predicted octanol–water partition coefficient (Wildman–Crippen LogP) is 4.47. The summed E-state index contributed by atoms with van der Waals surface area (Å²) in [4.78, 5) is 4.62. The minimum Gasteiger partial charge on any atom is -0.396 e. The van der Waals surface area contributed by atoms with E-state index in [2.05, 4.69) is 40.9 Å². The van der Waals surface area contributed by atoms with Crippen molar-refractivity contribution in [1.29, 1.82) is 0 Å². The molecule has 0 aliphatic rings. The molecular formula is C22H23N3O. The lowest BCUT2D eigenvalue weighted by Crippen LogP contribution is -1.93. The van der Waals surface area contributed by atoms with Gasteiger partial charge in [0.15, 0.2) is 5.65 Å². The normalized spacial score (nSPS) is 12.2. The zero-order chi connectivity index (χ0) is 18.4. The molecule has 4 nitrogen and oxygen atoms in total. The van der Waals surface area contributed by atoms with Crippen LogP contribution in [0.5, 0.6) is 0 Å². The molecule has 3 rings (SSSR count). The number of aliphatic hydroxyl groups is 1. The first-order valence-corrected chi connectivity index (χ1v) is 8.76. The topological polar surface area (TPSA) is 50.4 Å². The van der Waals surface area contributed by atoms with Gasteiger partial charge in [-0.05, 0) is 36.5 Å². The first-order chi connectivity index (χ1) is 12.8. The first kappa shape index (κ1) is 17.8. The zero-order valence-corrected chi connectivity index (χ0v) is 15.0. The van der Waals surface area contributed by atoms with E-state index in [1.165, 1.54) is 5.56 Å². The highest BCUT2D eigenvalue weighted by Gasteiger charge is 2.09. The third-order valence-electron chi connectivity index (χ3n) is 4.27. The summed E-state index contributed by atoms with van der Waals surface area (Å²) in [5.74, 6) is 0. The Balaban J connectivity index is 1.92. The van der Waals surface area contributed by atoms with Gasteiger partial charge in [0, 0.05) is 30.1 Å². The maximum Gasteiger partial charge on any atom is 0.162 e. The van der Waals surface area contributed by atoms with Crippen LogP contribution in [0.3, 0.4) is 0 Å². The summed E-state index contributed by atoms with van der Waals surface area (Å²) >= 11 is 0. The fourth-order valence-corrected chi connectivity index (χ4v) is 2.84. The summed E-state index contributed by atoms with van der Waals surface area (Å²) in [7, 11) is 0. The highest BCUT2D eigenvalue weighted by atomic mass is 16.2. The lowest BCUT2D eigenvalue weighted by molar-refractivity contribution is 0.288. The van der Waals surface area contributed by atoms with Gasteiger partial charge in [-0.3, -0.25) is 0 Å². The van der Waals surface area contributed by atoms with Crippen LogP contribution in [0.4, 0.5) is 0 Å². The summed E-state index contributed by atoms with van der Waals surface area (Å²) in [6.07, 6.45) is 15.1. The smallest absolute Gasteiger partial charge is 0.162 e. The lowest BCUT2D eigenvalue weighted by Gasteiger charge is -2.05. The van der Waals surface area contributed by atoms with Crippen molar-refractivity contribution in [2.45, 2.75) is 19.8 Å². The fraction of sp³-hybridized carbons (Fsp3) is 0.182. The summed E-state index contributed by atoms with van der Waals surface area (Å²) < 4.78 is 1.80. The van der Waals surface area contributed by atoms with Gasteiger partial charge in [-0.2, -0.15) is 5.10 Å². The van der Waals surface area contributed by atoms with Crippen LogP contribution in [0, 0.1) is 0 Å². The fourth-order valence-electron chi connectivity index (χ4n) is 2.84. The van der Waals surface area contributed by atoms with Crippen molar-refractivity contribution in [3.8, 4) is 11.1 Å². The molecule has 0 unspecified atom stereocenters. The molecule has 0 spiro atoms. The van der Waals surface area contributed by atoms with Crippen LogP contribution in [0.1, 0.15) is 24.5 Å². The molecule has 0 radical (unpaired) electrons. The molecule has 0 aliphatic heterocycles. The number of nitrogens with zero attached hydrogens (tertiary/aromatic N) is 3. The van der Waals surface area contributed by atoms with Crippen molar-refractivity contribution in [3.63, 3.8) is 0 Å². The molecule has 132 valence electrons. The summed E-state index contributed by atoms with van der Waals surface area (Å²) in [5.41, 5.74) is 6.10. The Kier molecular flexibility index (Phi) is 5.77. The number of fused-ring (bicyclic) bond motifs is 1. The molecule has 4 heteroatoms. The largest absolute Gasteiger partial charge is 0.396 e. The Morgan fingerprint density at radius 1 is 1.19 bits per heavy atom. The van der Waals surface area contributed by atoms with Crippen molar-refractivity contribution >= 4 is 11.2 Å².